The molecule has 0 bridgehead atoms. The first kappa shape index (κ1) is 19.0. The summed E-state index contributed by atoms with van der Waals surface area (Å²) in [6.45, 7) is 8.00. The third-order valence-electron chi connectivity index (χ3n) is 4.63. The lowest BCUT2D eigenvalue weighted by molar-refractivity contribution is -0.117. The molecular formula is C17H28N6O2S. The molecular weight excluding hydrogens is 352 g/mol. The summed E-state index contributed by atoms with van der Waals surface area (Å²) in [5.74, 6) is 1.51. The van der Waals surface area contributed by atoms with Gasteiger partial charge in [-0.25, -0.2) is 4.79 Å². The first-order valence-electron chi connectivity index (χ1n) is 9.37. The van der Waals surface area contributed by atoms with Gasteiger partial charge in [0.15, 0.2) is 5.16 Å². The average Bonchev–Trinajstić information content (AvgIpc) is 3.32. The molecule has 2 fully saturated rings. The summed E-state index contributed by atoms with van der Waals surface area (Å²) in [5.41, 5.74) is 0. The van der Waals surface area contributed by atoms with E-state index in [0.717, 1.165) is 43.0 Å². The average molecular weight is 381 g/mol. The van der Waals surface area contributed by atoms with Crippen LogP contribution in [0.3, 0.4) is 0 Å². The number of hydrogen-bond donors (Lipinski definition) is 2. The van der Waals surface area contributed by atoms with Crippen molar-refractivity contribution in [2.45, 2.75) is 63.7 Å². The van der Waals surface area contributed by atoms with Gasteiger partial charge < -0.3 is 10.2 Å². The highest BCUT2D eigenvalue weighted by Crippen LogP contribution is 2.41. The minimum absolute atomic E-state index is 0.0109. The van der Waals surface area contributed by atoms with Crippen molar-refractivity contribution in [1.29, 1.82) is 0 Å². The van der Waals surface area contributed by atoms with Crippen LogP contribution in [-0.4, -0.2) is 51.6 Å². The highest BCUT2D eigenvalue weighted by Gasteiger charge is 2.32. The van der Waals surface area contributed by atoms with Crippen molar-refractivity contribution in [1.82, 2.24) is 25.4 Å². The van der Waals surface area contributed by atoms with Crippen molar-refractivity contribution < 1.29 is 9.59 Å². The molecule has 1 aromatic rings. The third kappa shape index (κ3) is 4.90. The number of anilines is 1. The molecule has 0 unspecified atom stereocenters. The smallest absolute Gasteiger partial charge is 0.321 e. The summed E-state index contributed by atoms with van der Waals surface area (Å²) in [7, 11) is 0. The highest BCUT2D eigenvalue weighted by atomic mass is 32.2. The van der Waals surface area contributed by atoms with Crippen molar-refractivity contribution in [2.75, 3.05) is 23.7 Å². The third-order valence-corrected chi connectivity index (χ3v) is 5.57. The largest absolute Gasteiger partial charge is 0.341 e. The molecule has 1 aromatic heterocycles. The Balaban J connectivity index is 1.60. The van der Waals surface area contributed by atoms with Crippen LogP contribution in [0.1, 0.15) is 52.5 Å². The number of nitrogens with zero attached hydrogens (tertiary/aromatic N) is 4. The molecule has 26 heavy (non-hydrogen) atoms. The van der Waals surface area contributed by atoms with Crippen molar-refractivity contribution in [3.8, 4) is 0 Å². The van der Waals surface area contributed by atoms with E-state index in [9.17, 15) is 9.59 Å². The van der Waals surface area contributed by atoms with Crippen molar-refractivity contribution >= 4 is 29.6 Å². The molecule has 1 saturated heterocycles. The normalized spacial score (nSPS) is 18.2. The number of amides is 3. The molecule has 2 heterocycles. The maximum absolute atomic E-state index is 12.0. The zero-order valence-electron chi connectivity index (χ0n) is 15.7. The molecule has 0 atom stereocenters. The van der Waals surface area contributed by atoms with E-state index in [2.05, 4.69) is 37.2 Å². The Morgan fingerprint density at radius 3 is 2.50 bits per heavy atom. The van der Waals surface area contributed by atoms with Crippen molar-refractivity contribution in [3.63, 3.8) is 0 Å². The highest BCUT2D eigenvalue weighted by molar-refractivity contribution is 7.99. The van der Waals surface area contributed by atoms with E-state index in [-0.39, 0.29) is 17.7 Å². The zero-order chi connectivity index (χ0) is 18.7. The van der Waals surface area contributed by atoms with Gasteiger partial charge in [0, 0.05) is 25.2 Å². The number of carbonyl (C=O) groups is 2. The van der Waals surface area contributed by atoms with Gasteiger partial charge in [0.25, 0.3) is 0 Å². The van der Waals surface area contributed by atoms with Crippen LogP contribution >= 0.6 is 11.8 Å². The van der Waals surface area contributed by atoms with Gasteiger partial charge in [0.2, 0.25) is 11.9 Å². The standard InChI is InChI=1S/C17H28N6O2S/c1-11(2)18-15(25)19-14(24)10-26-17-21-20-16(23(17)13-4-5-13)22-8-6-12(3)7-9-22/h11-13H,4-10H2,1-3H3,(H2,18,19,24,25). The fourth-order valence-corrected chi connectivity index (χ4v) is 3.84. The number of thioether (sulfide) groups is 1. The number of carbonyl (C=O) groups excluding carboxylic acids is 2. The van der Waals surface area contributed by atoms with Crippen LogP contribution in [0.2, 0.25) is 0 Å². The second-order valence-electron chi connectivity index (χ2n) is 7.52. The monoisotopic (exact) mass is 380 g/mol. The van der Waals surface area contributed by atoms with E-state index in [0.29, 0.717) is 6.04 Å². The minimum atomic E-state index is -0.461. The van der Waals surface area contributed by atoms with Gasteiger partial charge in [0.05, 0.1) is 5.75 Å². The summed E-state index contributed by atoms with van der Waals surface area (Å²) in [4.78, 5) is 25.9. The molecule has 2 N–H and O–H groups in total. The number of nitrogens with one attached hydrogen (secondary N) is 2. The van der Waals surface area contributed by atoms with E-state index >= 15 is 0 Å². The van der Waals surface area contributed by atoms with Crippen LogP contribution in [0.25, 0.3) is 0 Å². The van der Waals surface area contributed by atoms with Gasteiger partial charge in [-0.15, -0.1) is 10.2 Å². The molecule has 0 radical (unpaired) electrons. The lowest BCUT2D eigenvalue weighted by Gasteiger charge is -2.31. The van der Waals surface area contributed by atoms with E-state index in [4.69, 9.17) is 0 Å². The molecule has 2 aliphatic rings. The van der Waals surface area contributed by atoms with E-state index < -0.39 is 6.03 Å². The van der Waals surface area contributed by atoms with Crippen LogP contribution in [-0.2, 0) is 4.79 Å². The molecule has 1 saturated carbocycles. The lowest BCUT2D eigenvalue weighted by Crippen LogP contribution is -2.43. The molecule has 8 nitrogen and oxygen atoms in total. The van der Waals surface area contributed by atoms with Crippen molar-refractivity contribution in [3.05, 3.63) is 0 Å². The Hall–Kier alpha value is -1.77. The molecule has 9 heteroatoms. The molecule has 1 aliphatic heterocycles. The maximum Gasteiger partial charge on any atom is 0.321 e. The van der Waals surface area contributed by atoms with Crippen LogP contribution in [0, 0.1) is 5.92 Å². The van der Waals surface area contributed by atoms with Crippen LogP contribution in [0.15, 0.2) is 5.16 Å². The van der Waals surface area contributed by atoms with Crippen LogP contribution in [0.5, 0.6) is 0 Å². The number of urea groups is 1. The zero-order valence-corrected chi connectivity index (χ0v) is 16.5. The van der Waals surface area contributed by atoms with Crippen LogP contribution in [0.4, 0.5) is 10.7 Å². The Labute approximate surface area is 158 Å². The Bertz CT molecular complexity index is 650. The molecule has 0 spiro atoms. The fourth-order valence-electron chi connectivity index (χ4n) is 3.04. The second kappa shape index (κ2) is 8.28. The summed E-state index contributed by atoms with van der Waals surface area (Å²) in [6, 6.07) is -0.0326. The molecule has 3 rings (SSSR count). The predicted octanol–water partition coefficient (Wildman–Crippen LogP) is 2.18. The van der Waals surface area contributed by atoms with Gasteiger partial charge >= 0.3 is 6.03 Å². The molecule has 144 valence electrons. The quantitative estimate of drug-likeness (QED) is 0.735. The van der Waals surface area contributed by atoms with E-state index in [1.165, 1.54) is 24.6 Å². The van der Waals surface area contributed by atoms with Gasteiger partial charge in [-0.1, -0.05) is 18.7 Å². The van der Waals surface area contributed by atoms with Crippen molar-refractivity contribution in [2.24, 2.45) is 5.92 Å². The number of rotatable bonds is 6. The Kier molecular flexibility index (Phi) is 6.05. The SMILES string of the molecule is CC1CCN(c2nnc(SCC(=O)NC(=O)NC(C)C)n2C2CC2)CC1. The van der Waals surface area contributed by atoms with E-state index in [1.807, 2.05) is 13.8 Å². The molecule has 1 aliphatic carbocycles. The first-order chi connectivity index (χ1) is 12.4. The summed E-state index contributed by atoms with van der Waals surface area (Å²) >= 11 is 1.34. The topological polar surface area (TPSA) is 92.2 Å². The maximum atomic E-state index is 12.0. The lowest BCUT2D eigenvalue weighted by atomic mass is 10.00. The summed E-state index contributed by atoms with van der Waals surface area (Å²) in [6.07, 6.45) is 4.61. The van der Waals surface area contributed by atoms with Gasteiger partial charge in [0.1, 0.15) is 0 Å². The van der Waals surface area contributed by atoms with Crippen LogP contribution < -0.4 is 15.5 Å². The Morgan fingerprint density at radius 2 is 1.88 bits per heavy atom. The van der Waals surface area contributed by atoms with Gasteiger partial charge in [-0.2, -0.15) is 0 Å². The Morgan fingerprint density at radius 1 is 1.19 bits per heavy atom. The summed E-state index contributed by atoms with van der Waals surface area (Å²) in [5, 5.41) is 14.5. The predicted molar refractivity (Wildman–Crippen MR) is 101 cm³/mol. The number of imide groups is 1. The second-order valence-corrected chi connectivity index (χ2v) is 8.46. The molecule has 0 aromatic carbocycles. The number of piperidine rings is 1. The van der Waals surface area contributed by atoms with E-state index in [1.54, 1.807) is 0 Å². The fraction of sp³-hybridized carbons (Fsp3) is 0.765. The summed E-state index contributed by atoms with van der Waals surface area (Å²) < 4.78 is 2.18. The molecule has 3 amide bonds. The van der Waals surface area contributed by atoms with Gasteiger partial charge in [-0.05, 0) is 45.4 Å². The first-order valence-corrected chi connectivity index (χ1v) is 10.4. The number of aromatic nitrogens is 3. The number of hydrogen-bond acceptors (Lipinski definition) is 6. The van der Waals surface area contributed by atoms with Gasteiger partial charge in [-0.3, -0.25) is 14.7 Å². The minimum Gasteiger partial charge on any atom is -0.341 e.